The molecule has 4 aromatic carbocycles. The van der Waals surface area contributed by atoms with Gasteiger partial charge in [-0.2, -0.15) is 5.10 Å². The Kier molecular flexibility index (Phi) is 5.23. The number of para-hydroxylation sites is 1. The fourth-order valence-electron chi connectivity index (χ4n) is 3.93. The van der Waals surface area contributed by atoms with E-state index in [-0.39, 0.29) is 5.91 Å². The molecular weight excluding hydrogens is 430 g/mol. The van der Waals surface area contributed by atoms with Crippen molar-refractivity contribution in [1.29, 1.82) is 0 Å². The minimum atomic E-state index is -2.25. The van der Waals surface area contributed by atoms with Gasteiger partial charge in [0.15, 0.2) is 5.69 Å². The Bertz CT molecular complexity index is 1600. The smallest absolute Gasteiger partial charge is 0.276 e. The molecule has 0 saturated carbocycles. The van der Waals surface area contributed by atoms with E-state index in [2.05, 4.69) is 16.3 Å². The largest absolute Gasteiger partial charge is 0.321 e. The van der Waals surface area contributed by atoms with Gasteiger partial charge in [0.25, 0.3) is 5.91 Å². The average molecular weight is 454 g/mol. The Hall–Kier alpha value is -3.90. The Morgan fingerprint density at radius 3 is 2.39 bits per heavy atom. The lowest BCUT2D eigenvalue weighted by Crippen LogP contribution is -2.14. The van der Waals surface area contributed by atoms with E-state index in [1.54, 1.807) is 6.26 Å². The topological polar surface area (TPSA) is 64.0 Å². The van der Waals surface area contributed by atoms with Crippen molar-refractivity contribution in [3.63, 3.8) is 0 Å². The van der Waals surface area contributed by atoms with E-state index in [1.807, 2.05) is 95.7 Å². The Morgan fingerprint density at radius 1 is 0.939 bits per heavy atom. The lowest BCUT2D eigenvalue weighted by Gasteiger charge is -2.07. The molecule has 0 aliphatic heterocycles. The molecule has 1 atom stereocenters. The summed E-state index contributed by atoms with van der Waals surface area (Å²) < 4.78 is 14.0. The molecule has 0 spiro atoms. The van der Waals surface area contributed by atoms with Crippen LogP contribution in [0.2, 0.25) is 0 Å². The second kappa shape index (κ2) is 8.22. The molecule has 0 bridgehead atoms. The summed E-state index contributed by atoms with van der Waals surface area (Å²) in [5.74, 6) is 3.48. The highest BCUT2D eigenvalue weighted by atomic mass is 32.2. The molecule has 0 aliphatic rings. The average Bonchev–Trinajstić information content (AvgIpc) is 3.17. The van der Waals surface area contributed by atoms with Gasteiger partial charge in [-0.05, 0) is 62.1 Å². The first kappa shape index (κ1) is 21.0. The lowest BCUT2D eigenvalue weighted by molar-refractivity contribution is 0.102. The van der Waals surface area contributed by atoms with E-state index >= 15 is 0 Å². The molecule has 0 saturated heterocycles. The third-order valence-electron chi connectivity index (χ3n) is 5.63. The van der Waals surface area contributed by atoms with Gasteiger partial charge in [-0.3, -0.25) is 13.7 Å². The number of rotatable bonds is 5. The SMILES string of the molecule is C=S(C)(=O)c1ccc(Cn2nc(C(=O)Nc3ccc4ccccc4c3)c3ccccc32)cc1. The van der Waals surface area contributed by atoms with Gasteiger partial charge < -0.3 is 5.32 Å². The van der Waals surface area contributed by atoms with Crippen LogP contribution in [0.4, 0.5) is 5.69 Å². The number of amides is 1. The van der Waals surface area contributed by atoms with Crippen molar-refractivity contribution >= 4 is 48.7 Å². The predicted molar refractivity (Wildman–Crippen MR) is 137 cm³/mol. The monoisotopic (exact) mass is 453 g/mol. The van der Waals surface area contributed by atoms with Gasteiger partial charge in [0, 0.05) is 22.2 Å². The molecule has 164 valence electrons. The molecule has 1 aromatic heterocycles. The van der Waals surface area contributed by atoms with Crippen LogP contribution < -0.4 is 5.32 Å². The molecule has 5 aromatic rings. The number of anilines is 1. The van der Waals surface area contributed by atoms with Gasteiger partial charge in [0.2, 0.25) is 0 Å². The minimum Gasteiger partial charge on any atom is -0.321 e. The van der Waals surface area contributed by atoms with Crippen molar-refractivity contribution < 1.29 is 9.00 Å². The molecule has 33 heavy (non-hydrogen) atoms. The first-order valence-electron chi connectivity index (χ1n) is 10.6. The Labute approximate surface area is 192 Å². The van der Waals surface area contributed by atoms with Crippen LogP contribution >= 0.6 is 0 Å². The molecule has 1 heterocycles. The van der Waals surface area contributed by atoms with Crippen molar-refractivity contribution in [3.8, 4) is 0 Å². The third-order valence-corrected chi connectivity index (χ3v) is 6.90. The number of nitrogens with zero attached hydrogens (tertiary/aromatic N) is 2. The van der Waals surface area contributed by atoms with Crippen LogP contribution in [0.25, 0.3) is 21.7 Å². The zero-order valence-corrected chi connectivity index (χ0v) is 19.0. The van der Waals surface area contributed by atoms with E-state index in [0.29, 0.717) is 17.1 Å². The maximum absolute atomic E-state index is 13.2. The number of benzene rings is 4. The zero-order valence-electron chi connectivity index (χ0n) is 18.2. The number of aromatic nitrogens is 2. The highest BCUT2D eigenvalue weighted by Crippen LogP contribution is 2.23. The van der Waals surface area contributed by atoms with Crippen molar-refractivity contribution in [2.75, 3.05) is 11.6 Å². The first-order chi connectivity index (χ1) is 15.9. The minimum absolute atomic E-state index is 0.252. The van der Waals surface area contributed by atoms with Crippen molar-refractivity contribution in [1.82, 2.24) is 9.78 Å². The quantitative estimate of drug-likeness (QED) is 0.372. The molecule has 5 rings (SSSR count). The second-order valence-electron chi connectivity index (χ2n) is 8.19. The van der Waals surface area contributed by atoms with Gasteiger partial charge in [0.05, 0.1) is 12.1 Å². The van der Waals surface area contributed by atoms with E-state index in [1.165, 1.54) is 0 Å². The summed E-state index contributed by atoms with van der Waals surface area (Å²) in [6.07, 6.45) is 1.63. The van der Waals surface area contributed by atoms with Crippen molar-refractivity contribution in [3.05, 3.63) is 102 Å². The van der Waals surface area contributed by atoms with Crippen LogP contribution in [0.5, 0.6) is 0 Å². The fraction of sp³-hybridized carbons (Fsp3) is 0.0741. The number of hydrogen-bond donors (Lipinski definition) is 1. The summed E-state index contributed by atoms with van der Waals surface area (Å²) in [4.78, 5) is 13.9. The van der Waals surface area contributed by atoms with Crippen molar-refractivity contribution in [2.45, 2.75) is 11.4 Å². The summed E-state index contributed by atoms with van der Waals surface area (Å²) in [5.41, 5.74) is 2.98. The Morgan fingerprint density at radius 2 is 1.64 bits per heavy atom. The van der Waals surface area contributed by atoms with E-state index < -0.39 is 9.52 Å². The summed E-state index contributed by atoms with van der Waals surface area (Å²) in [6, 6.07) is 29.1. The van der Waals surface area contributed by atoms with Crippen LogP contribution in [0, 0.1) is 0 Å². The van der Waals surface area contributed by atoms with Gasteiger partial charge in [-0.15, -0.1) is 0 Å². The standard InChI is InChI=1S/C27H23N3O2S/c1-33(2,32)23-15-11-19(12-16-23)18-30-25-10-6-5-9-24(25)26(29-30)27(31)28-22-14-13-20-7-3-4-8-21(20)17-22/h3-17H,1,18H2,2H3,(H,28,31). The van der Waals surface area contributed by atoms with Gasteiger partial charge in [-0.1, -0.05) is 60.7 Å². The fourth-order valence-corrected chi connectivity index (χ4v) is 4.64. The van der Waals surface area contributed by atoms with E-state index in [9.17, 15) is 9.00 Å². The van der Waals surface area contributed by atoms with E-state index in [4.69, 9.17) is 0 Å². The molecule has 5 nitrogen and oxygen atoms in total. The van der Waals surface area contributed by atoms with Crippen LogP contribution in [-0.2, 0) is 16.1 Å². The second-order valence-corrected chi connectivity index (χ2v) is 10.7. The predicted octanol–water partition coefficient (Wildman–Crippen LogP) is 5.20. The van der Waals surface area contributed by atoms with Crippen LogP contribution in [0.3, 0.4) is 0 Å². The van der Waals surface area contributed by atoms with Gasteiger partial charge in [0.1, 0.15) is 0 Å². The molecular formula is C27H23N3O2S. The maximum atomic E-state index is 13.2. The number of carbonyl (C=O) groups is 1. The summed E-state index contributed by atoms with van der Waals surface area (Å²) >= 11 is 0. The maximum Gasteiger partial charge on any atom is 0.276 e. The Balaban J connectivity index is 1.45. The van der Waals surface area contributed by atoms with Gasteiger partial charge >= 0.3 is 0 Å². The number of nitrogens with one attached hydrogen (secondary N) is 1. The molecule has 0 radical (unpaired) electrons. The van der Waals surface area contributed by atoms with Crippen LogP contribution in [0.15, 0.2) is 95.9 Å². The van der Waals surface area contributed by atoms with Gasteiger partial charge in [-0.25, -0.2) is 0 Å². The van der Waals surface area contributed by atoms with Crippen molar-refractivity contribution in [2.24, 2.45) is 0 Å². The zero-order chi connectivity index (χ0) is 23.0. The molecule has 6 heteroatoms. The third kappa shape index (κ3) is 4.25. The van der Waals surface area contributed by atoms with E-state index in [0.717, 1.165) is 32.9 Å². The van der Waals surface area contributed by atoms with Crippen LogP contribution in [0.1, 0.15) is 16.1 Å². The molecule has 0 fully saturated rings. The normalized spacial score (nSPS) is 13.1. The number of hydrogen-bond acceptors (Lipinski definition) is 3. The molecule has 1 unspecified atom stereocenters. The summed E-state index contributed by atoms with van der Waals surface area (Å²) in [5, 5.41) is 10.6. The molecule has 1 amide bonds. The molecule has 0 aliphatic carbocycles. The van der Waals surface area contributed by atoms with Crippen LogP contribution in [-0.4, -0.2) is 32.0 Å². The summed E-state index contributed by atoms with van der Waals surface area (Å²) in [6.45, 7) is 0.492. The highest BCUT2D eigenvalue weighted by molar-refractivity contribution is 7.99. The summed E-state index contributed by atoms with van der Waals surface area (Å²) in [7, 11) is -2.25. The highest BCUT2D eigenvalue weighted by Gasteiger charge is 2.17. The first-order valence-corrected chi connectivity index (χ1v) is 12.7. The lowest BCUT2D eigenvalue weighted by atomic mass is 10.1. The number of fused-ring (bicyclic) bond motifs is 2. The number of carbonyl (C=O) groups excluding carboxylic acids is 1. The molecule has 1 N–H and O–H groups in total.